The summed E-state index contributed by atoms with van der Waals surface area (Å²) in [5, 5.41) is 9.85. The normalized spacial score (nSPS) is 11.0. The van der Waals surface area contributed by atoms with Crippen LogP contribution >= 0.6 is 0 Å². The number of rotatable bonds is 5. The molecule has 0 aromatic heterocycles. The predicted molar refractivity (Wildman–Crippen MR) is 91.6 cm³/mol. The quantitative estimate of drug-likeness (QED) is 0.756. The van der Waals surface area contributed by atoms with Crippen LogP contribution in [0.3, 0.4) is 0 Å². The van der Waals surface area contributed by atoms with Crippen LogP contribution < -0.4 is 0 Å². The van der Waals surface area contributed by atoms with E-state index in [4.69, 9.17) is 0 Å². The number of aryl methyl sites for hydroxylation is 1. The van der Waals surface area contributed by atoms with Crippen molar-refractivity contribution in [3.63, 3.8) is 0 Å². The van der Waals surface area contributed by atoms with Crippen molar-refractivity contribution in [2.24, 2.45) is 0 Å². The molecular formula is C20H24O2. The van der Waals surface area contributed by atoms with E-state index in [0.717, 1.165) is 28.7 Å². The van der Waals surface area contributed by atoms with Crippen molar-refractivity contribution in [2.75, 3.05) is 0 Å². The molecule has 2 heteroatoms. The first-order valence-corrected chi connectivity index (χ1v) is 7.97. The Morgan fingerprint density at radius 1 is 1.05 bits per heavy atom. The maximum atomic E-state index is 12.0. The van der Waals surface area contributed by atoms with Crippen LogP contribution in [0.25, 0.3) is 11.1 Å². The Labute approximate surface area is 132 Å². The van der Waals surface area contributed by atoms with E-state index < -0.39 is 0 Å². The van der Waals surface area contributed by atoms with Crippen molar-refractivity contribution in [3.8, 4) is 16.9 Å². The maximum Gasteiger partial charge on any atom is 0.162 e. The van der Waals surface area contributed by atoms with Gasteiger partial charge in [0.1, 0.15) is 5.75 Å². The van der Waals surface area contributed by atoms with Gasteiger partial charge in [-0.1, -0.05) is 45.9 Å². The molecule has 1 N–H and O–H groups in total. The van der Waals surface area contributed by atoms with Gasteiger partial charge in [0.05, 0.1) is 0 Å². The topological polar surface area (TPSA) is 37.3 Å². The monoisotopic (exact) mass is 296 g/mol. The van der Waals surface area contributed by atoms with Crippen LogP contribution in [0.1, 0.15) is 61.5 Å². The van der Waals surface area contributed by atoms with Crippen LogP contribution in [0.15, 0.2) is 36.4 Å². The number of carbonyl (C=O) groups is 1. The Morgan fingerprint density at radius 2 is 1.77 bits per heavy atom. The van der Waals surface area contributed by atoms with Crippen LogP contribution in [0.5, 0.6) is 5.75 Å². The Morgan fingerprint density at radius 3 is 2.36 bits per heavy atom. The maximum absolute atomic E-state index is 12.0. The molecule has 0 saturated heterocycles. The first kappa shape index (κ1) is 16.3. The van der Waals surface area contributed by atoms with Crippen molar-refractivity contribution in [1.82, 2.24) is 0 Å². The third-order valence-electron chi connectivity index (χ3n) is 4.08. The number of ketones is 1. The second kappa shape index (κ2) is 6.78. The highest BCUT2D eigenvalue weighted by atomic mass is 16.3. The molecule has 0 aliphatic carbocycles. The number of benzene rings is 2. The minimum absolute atomic E-state index is 0.167. The molecule has 116 valence electrons. The summed E-state index contributed by atoms with van der Waals surface area (Å²) < 4.78 is 0. The average Bonchev–Trinajstić information content (AvgIpc) is 2.53. The largest absolute Gasteiger partial charge is 0.508 e. The van der Waals surface area contributed by atoms with Gasteiger partial charge in [-0.05, 0) is 52.8 Å². The Bertz CT molecular complexity index is 684. The predicted octanol–water partition coefficient (Wildman–Crippen LogP) is 5.34. The van der Waals surface area contributed by atoms with E-state index in [-0.39, 0.29) is 11.5 Å². The molecule has 2 aromatic carbocycles. The van der Waals surface area contributed by atoms with Gasteiger partial charge in [-0.2, -0.15) is 0 Å². The molecule has 0 unspecified atom stereocenters. The Balaban J connectivity index is 2.65. The highest BCUT2D eigenvalue weighted by Gasteiger charge is 2.15. The van der Waals surface area contributed by atoms with Crippen molar-refractivity contribution >= 4 is 5.78 Å². The third-order valence-corrected chi connectivity index (χ3v) is 4.08. The minimum atomic E-state index is 0.167. The summed E-state index contributed by atoms with van der Waals surface area (Å²) in [6, 6.07) is 11.5. The lowest BCUT2D eigenvalue weighted by Gasteiger charge is -2.17. The zero-order chi connectivity index (χ0) is 16.3. The highest BCUT2D eigenvalue weighted by Crippen LogP contribution is 2.34. The molecule has 0 fully saturated rings. The third kappa shape index (κ3) is 3.22. The number of phenols is 1. The second-order valence-electron chi connectivity index (χ2n) is 5.93. The summed E-state index contributed by atoms with van der Waals surface area (Å²) >= 11 is 0. The van der Waals surface area contributed by atoms with E-state index in [1.165, 1.54) is 5.56 Å². The van der Waals surface area contributed by atoms with E-state index in [9.17, 15) is 9.90 Å². The highest BCUT2D eigenvalue weighted by molar-refractivity contribution is 5.96. The molecule has 0 aliphatic rings. The van der Waals surface area contributed by atoms with Gasteiger partial charge in [0.15, 0.2) is 5.78 Å². The van der Waals surface area contributed by atoms with E-state index in [0.29, 0.717) is 12.3 Å². The number of hydrogen-bond donors (Lipinski definition) is 1. The molecule has 2 aromatic rings. The van der Waals surface area contributed by atoms with Crippen molar-refractivity contribution < 1.29 is 9.90 Å². The first-order chi connectivity index (χ1) is 10.5. The van der Waals surface area contributed by atoms with E-state index in [2.05, 4.69) is 20.8 Å². The Hall–Kier alpha value is -2.09. The molecular weight excluding hydrogens is 272 g/mol. The summed E-state index contributed by atoms with van der Waals surface area (Å²) in [4.78, 5) is 12.0. The fourth-order valence-electron chi connectivity index (χ4n) is 2.79. The van der Waals surface area contributed by atoms with Crippen molar-refractivity contribution in [1.29, 1.82) is 0 Å². The number of Topliss-reactive ketones (excluding diaryl/α,β-unsaturated/α-hetero) is 1. The van der Waals surface area contributed by atoms with Crippen molar-refractivity contribution in [3.05, 3.63) is 53.1 Å². The Kier molecular flexibility index (Phi) is 5.02. The summed E-state index contributed by atoms with van der Waals surface area (Å²) in [6.45, 7) is 8.26. The van der Waals surface area contributed by atoms with Crippen LogP contribution in [0, 0.1) is 0 Å². The van der Waals surface area contributed by atoms with Crippen LogP contribution in [-0.2, 0) is 6.42 Å². The molecule has 2 nitrogen and oxygen atoms in total. The lowest BCUT2D eigenvalue weighted by atomic mass is 9.87. The lowest BCUT2D eigenvalue weighted by Crippen LogP contribution is -2.01. The SMILES string of the molecule is CCC(=O)c1ccc(-c2cc(O)ccc2CC)c(C(C)C)c1. The van der Waals surface area contributed by atoms with Crippen LogP contribution in [0.4, 0.5) is 0 Å². The zero-order valence-corrected chi connectivity index (χ0v) is 13.8. The van der Waals surface area contributed by atoms with Gasteiger partial charge >= 0.3 is 0 Å². The average molecular weight is 296 g/mol. The number of aromatic hydroxyl groups is 1. The molecule has 0 atom stereocenters. The smallest absolute Gasteiger partial charge is 0.162 e. The van der Waals surface area contributed by atoms with Gasteiger partial charge in [0.25, 0.3) is 0 Å². The summed E-state index contributed by atoms with van der Waals surface area (Å²) in [6.07, 6.45) is 1.42. The molecule has 0 bridgehead atoms. The van der Waals surface area contributed by atoms with E-state index in [1.54, 1.807) is 6.07 Å². The van der Waals surface area contributed by atoms with Gasteiger partial charge in [-0.15, -0.1) is 0 Å². The van der Waals surface area contributed by atoms with Gasteiger partial charge in [0.2, 0.25) is 0 Å². The van der Waals surface area contributed by atoms with Gasteiger partial charge in [0, 0.05) is 12.0 Å². The molecule has 0 spiro atoms. The molecule has 0 saturated carbocycles. The van der Waals surface area contributed by atoms with Crippen molar-refractivity contribution in [2.45, 2.75) is 46.5 Å². The second-order valence-corrected chi connectivity index (χ2v) is 5.93. The number of hydrogen-bond acceptors (Lipinski definition) is 2. The molecule has 0 radical (unpaired) electrons. The first-order valence-electron chi connectivity index (χ1n) is 7.97. The molecule has 2 rings (SSSR count). The zero-order valence-electron chi connectivity index (χ0n) is 13.8. The van der Waals surface area contributed by atoms with E-state index >= 15 is 0 Å². The molecule has 22 heavy (non-hydrogen) atoms. The van der Waals surface area contributed by atoms with Gasteiger partial charge in [-0.3, -0.25) is 4.79 Å². The summed E-state index contributed by atoms with van der Waals surface area (Å²) in [7, 11) is 0. The van der Waals surface area contributed by atoms with Gasteiger partial charge in [-0.25, -0.2) is 0 Å². The number of carbonyl (C=O) groups excluding carboxylic acids is 1. The summed E-state index contributed by atoms with van der Waals surface area (Å²) in [5.41, 5.74) is 5.29. The standard InChI is InChI=1S/C20H24O2/c1-5-14-7-9-16(21)12-19(14)17-10-8-15(20(22)6-2)11-18(17)13(3)4/h7-13,21H,5-6H2,1-4H3. The van der Waals surface area contributed by atoms with E-state index in [1.807, 2.05) is 37.3 Å². The molecule has 0 heterocycles. The van der Waals surface area contributed by atoms with Gasteiger partial charge < -0.3 is 5.11 Å². The summed E-state index contributed by atoms with van der Waals surface area (Å²) in [5.74, 6) is 0.752. The molecule has 0 aliphatic heterocycles. The number of phenolic OH excluding ortho intramolecular Hbond substituents is 1. The van der Waals surface area contributed by atoms with Crippen LogP contribution in [0.2, 0.25) is 0 Å². The fraction of sp³-hybridized carbons (Fsp3) is 0.350. The lowest BCUT2D eigenvalue weighted by molar-refractivity contribution is 0.0988. The fourth-order valence-corrected chi connectivity index (χ4v) is 2.79. The van der Waals surface area contributed by atoms with Crippen LogP contribution in [-0.4, -0.2) is 10.9 Å². The molecule has 0 amide bonds. The minimum Gasteiger partial charge on any atom is -0.508 e.